The average molecular weight is 168 g/mol. The van der Waals surface area contributed by atoms with E-state index in [1.54, 1.807) is 0 Å². The highest BCUT2D eigenvalue weighted by Gasteiger charge is 1.97. The van der Waals surface area contributed by atoms with Crippen LogP contribution >= 0.6 is 8.03 Å². The SMILES string of the molecule is O=C(O)CC[PH](=O)O.[AlH3]. The highest BCUT2D eigenvalue weighted by Crippen LogP contribution is 2.12. The molecule has 6 heteroatoms. The second-order valence-electron chi connectivity index (χ2n) is 1.29. The second kappa shape index (κ2) is 6.31. The van der Waals surface area contributed by atoms with E-state index in [0.29, 0.717) is 0 Å². The molecule has 0 aliphatic heterocycles. The molecule has 0 amide bonds. The molecule has 54 valence electrons. The van der Waals surface area contributed by atoms with Gasteiger partial charge in [-0.3, -0.25) is 9.36 Å². The van der Waals surface area contributed by atoms with Gasteiger partial charge in [0.05, 0.1) is 6.42 Å². The summed E-state index contributed by atoms with van der Waals surface area (Å²) in [5, 5.41) is 7.93. The minimum Gasteiger partial charge on any atom is -0.481 e. The molecule has 0 aromatic carbocycles. The Morgan fingerprint density at radius 1 is 1.56 bits per heavy atom. The molecule has 0 saturated heterocycles. The second-order valence-corrected chi connectivity index (χ2v) is 2.57. The molecule has 0 spiro atoms. The summed E-state index contributed by atoms with van der Waals surface area (Å²) < 4.78 is 9.83. The Bertz CT molecular complexity index is 100. The van der Waals surface area contributed by atoms with E-state index >= 15 is 0 Å². The maximum absolute atomic E-state index is 9.83. The van der Waals surface area contributed by atoms with Crippen molar-refractivity contribution >= 4 is 31.4 Å². The van der Waals surface area contributed by atoms with Crippen LogP contribution in [-0.2, 0) is 9.36 Å². The Kier molecular flexibility index (Phi) is 8.37. The first-order valence-corrected chi connectivity index (χ1v) is 3.63. The van der Waals surface area contributed by atoms with Gasteiger partial charge < -0.3 is 10.00 Å². The minimum atomic E-state index is -2.56. The topological polar surface area (TPSA) is 74.6 Å². The van der Waals surface area contributed by atoms with Gasteiger partial charge >= 0.3 is 5.97 Å². The zero-order valence-electron chi connectivity index (χ0n) is 4.13. The van der Waals surface area contributed by atoms with Gasteiger partial charge in [-0.2, -0.15) is 0 Å². The molecule has 0 aromatic heterocycles. The maximum atomic E-state index is 9.83. The number of rotatable bonds is 3. The van der Waals surface area contributed by atoms with Crippen LogP contribution in [-0.4, -0.2) is 39.5 Å². The number of carbonyl (C=O) groups is 1. The largest absolute Gasteiger partial charge is 0.481 e. The fourth-order valence-corrected chi connectivity index (χ4v) is 0.642. The summed E-state index contributed by atoms with van der Waals surface area (Å²) in [5.41, 5.74) is 0. The van der Waals surface area contributed by atoms with Crippen LogP contribution in [0.15, 0.2) is 0 Å². The van der Waals surface area contributed by atoms with Crippen molar-refractivity contribution < 1.29 is 19.4 Å². The number of aliphatic carboxylic acids is 1. The maximum Gasteiger partial charge on any atom is 0.303 e. The highest BCUT2D eigenvalue weighted by molar-refractivity contribution is 7.38. The molecular weight excluding hydrogens is 158 g/mol. The number of hydrogen-bond donors (Lipinski definition) is 2. The van der Waals surface area contributed by atoms with Crippen molar-refractivity contribution in [2.24, 2.45) is 0 Å². The molecule has 0 heterocycles. The van der Waals surface area contributed by atoms with Gasteiger partial charge in [0, 0.05) is 6.16 Å². The van der Waals surface area contributed by atoms with E-state index in [4.69, 9.17) is 10.00 Å². The van der Waals surface area contributed by atoms with Gasteiger partial charge in [-0.05, 0) is 0 Å². The smallest absolute Gasteiger partial charge is 0.303 e. The van der Waals surface area contributed by atoms with Crippen LogP contribution in [0, 0.1) is 0 Å². The van der Waals surface area contributed by atoms with Crippen molar-refractivity contribution in [2.45, 2.75) is 6.42 Å². The van der Waals surface area contributed by atoms with Gasteiger partial charge in [-0.15, -0.1) is 0 Å². The molecule has 0 fully saturated rings. The molecule has 9 heavy (non-hydrogen) atoms. The summed E-state index contributed by atoms with van der Waals surface area (Å²) in [7, 11) is -2.56. The van der Waals surface area contributed by atoms with Crippen molar-refractivity contribution in [2.75, 3.05) is 6.16 Å². The third-order valence-corrected chi connectivity index (χ3v) is 1.23. The lowest BCUT2D eigenvalue weighted by molar-refractivity contribution is -0.136. The molecule has 0 aliphatic carbocycles. The summed E-state index contributed by atoms with van der Waals surface area (Å²) in [6, 6.07) is 0. The first-order chi connectivity index (χ1) is 3.63. The van der Waals surface area contributed by atoms with E-state index in [-0.39, 0.29) is 29.9 Å². The monoisotopic (exact) mass is 168 g/mol. The highest BCUT2D eigenvalue weighted by atomic mass is 31.1. The van der Waals surface area contributed by atoms with Crippen molar-refractivity contribution in [3.8, 4) is 0 Å². The molecule has 1 atom stereocenters. The Balaban J connectivity index is 0. The van der Waals surface area contributed by atoms with E-state index in [0.717, 1.165) is 0 Å². The molecule has 0 rings (SSSR count). The quantitative estimate of drug-likeness (QED) is 0.407. The fraction of sp³-hybridized carbons (Fsp3) is 0.667. The first kappa shape index (κ1) is 11.9. The zero-order chi connectivity index (χ0) is 6.57. The Morgan fingerprint density at radius 3 is 2.11 bits per heavy atom. The summed E-state index contributed by atoms with van der Waals surface area (Å²) in [6.07, 6.45) is -0.325. The van der Waals surface area contributed by atoms with Crippen LogP contribution in [0.3, 0.4) is 0 Å². The van der Waals surface area contributed by atoms with Crippen molar-refractivity contribution in [3.63, 3.8) is 0 Å². The molecule has 0 saturated carbocycles. The lowest BCUT2D eigenvalue weighted by atomic mass is 10.5. The number of hydrogen-bond acceptors (Lipinski definition) is 2. The molecule has 0 aromatic rings. The van der Waals surface area contributed by atoms with Crippen LogP contribution in [0.4, 0.5) is 0 Å². The van der Waals surface area contributed by atoms with Gasteiger partial charge in [-0.1, -0.05) is 0 Å². The van der Waals surface area contributed by atoms with Crippen LogP contribution in [0.1, 0.15) is 6.42 Å². The first-order valence-electron chi connectivity index (χ1n) is 2.06. The molecule has 2 N–H and O–H groups in total. The Labute approximate surface area is 63.9 Å². The molecule has 0 aliphatic rings. The summed E-state index contributed by atoms with van der Waals surface area (Å²) in [4.78, 5) is 17.8. The molecule has 1 unspecified atom stereocenters. The standard InChI is InChI=1S/C3H7O4P.Al.3H/c4-3(5)1-2-8(6)7;;;;/h8H,1-2H2,(H,4,5)(H,6,7);;;;. The van der Waals surface area contributed by atoms with Crippen LogP contribution in [0.25, 0.3) is 0 Å². The lowest BCUT2D eigenvalue weighted by Crippen LogP contribution is -1.95. The molecular formula is C3H10AlO4P. The predicted molar refractivity (Wildman–Crippen MR) is 38.3 cm³/mol. The third kappa shape index (κ3) is 11.7. The predicted octanol–water partition coefficient (Wildman–Crippen LogP) is -1.26. The van der Waals surface area contributed by atoms with Gasteiger partial charge in [0.2, 0.25) is 0 Å². The number of carboxylic acids is 1. The van der Waals surface area contributed by atoms with E-state index < -0.39 is 14.0 Å². The summed E-state index contributed by atoms with van der Waals surface area (Å²) in [6.45, 7) is 0. The number of carboxylic acid groups (broad SMARTS) is 1. The van der Waals surface area contributed by atoms with Gasteiger partial charge in [0.15, 0.2) is 25.4 Å². The molecule has 0 bridgehead atoms. The summed E-state index contributed by atoms with van der Waals surface area (Å²) >= 11 is 0. The van der Waals surface area contributed by atoms with Gasteiger partial charge in [0.1, 0.15) is 0 Å². The molecule has 4 nitrogen and oxygen atoms in total. The van der Waals surface area contributed by atoms with E-state index in [9.17, 15) is 9.36 Å². The summed E-state index contributed by atoms with van der Waals surface area (Å²) in [5.74, 6) is -1.03. The van der Waals surface area contributed by atoms with E-state index in [1.165, 1.54) is 0 Å². The van der Waals surface area contributed by atoms with Gasteiger partial charge in [-0.25, -0.2) is 0 Å². The molecule has 0 radical (unpaired) electrons. The van der Waals surface area contributed by atoms with Crippen molar-refractivity contribution in [1.29, 1.82) is 0 Å². The van der Waals surface area contributed by atoms with E-state index in [1.807, 2.05) is 0 Å². The lowest BCUT2D eigenvalue weighted by Gasteiger charge is -1.86. The average Bonchev–Trinajstić information content (AvgIpc) is 1.61. The van der Waals surface area contributed by atoms with Crippen molar-refractivity contribution in [1.82, 2.24) is 0 Å². The Morgan fingerprint density at radius 2 is 2.00 bits per heavy atom. The minimum absolute atomic E-state index is 0. The van der Waals surface area contributed by atoms with Crippen LogP contribution in [0.2, 0.25) is 0 Å². The van der Waals surface area contributed by atoms with Gasteiger partial charge in [0.25, 0.3) is 0 Å². The Hall–Kier alpha value is 0.192. The van der Waals surface area contributed by atoms with Crippen LogP contribution < -0.4 is 0 Å². The third-order valence-electron chi connectivity index (χ3n) is 0.553. The fourth-order valence-electron chi connectivity index (χ4n) is 0.214. The zero-order valence-corrected chi connectivity index (χ0v) is 5.13. The normalized spacial score (nSPS) is 11.7. The van der Waals surface area contributed by atoms with Crippen LogP contribution in [0.5, 0.6) is 0 Å². The van der Waals surface area contributed by atoms with Crippen molar-refractivity contribution in [3.05, 3.63) is 0 Å². The van der Waals surface area contributed by atoms with E-state index in [2.05, 4.69) is 0 Å².